The molecule has 8 heteroatoms. The minimum absolute atomic E-state index is 0.0399. The molecule has 4 atom stereocenters. The lowest BCUT2D eigenvalue weighted by Crippen LogP contribution is -2.55. The summed E-state index contributed by atoms with van der Waals surface area (Å²) in [6.07, 6.45) is 2.00. The maximum atomic E-state index is 12.9. The summed E-state index contributed by atoms with van der Waals surface area (Å²) in [6, 6.07) is -1.25. The van der Waals surface area contributed by atoms with E-state index in [1.165, 1.54) is 0 Å². The number of hydrazine groups is 1. The van der Waals surface area contributed by atoms with E-state index in [0.717, 1.165) is 11.4 Å². The van der Waals surface area contributed by atoms with Crippen LogP contribution in [-0.4, -0.2) is 59.3 Å². The molecule has 2 aliphatic heterocycles. The molecule has 26 heavy (non-hydrogen) atoms. The van der Waals surface area contributed by atoms with Crippen molar-refractivity contribution in [2.24, 2.45) is 28.8 Å². The highest BCUT2D eigenvalue weighted by molar-refractivity contribution is 5.91. The van der Waals surface area contributed by atoms with Crippen LogP contribution < -0.4 is 16.9 Å². The van der Waals surface area contributed by atoms with Crippen molar-refractivity contribution in [1.29, 1.82) is 0 Å². The van der Waals surface area contributed by atoms with Crippen molar-refractivity contribution in [3.8, 4) is 0 Å². The highest BCUT2D eigenvalue weighted by Crippen LogP contribution is 2.35. The summed E-state index contributed by atoms with van der Waals surface area (Å²) in [5.41, 5.74) is 5.94. The second-order valence-corrected chi connectivity index (χ2v) is 8.53. The molecule has 2 fully saturated rings. The lowest BCUT2D eigenvalue weighted by Gasteiger charge is -2.31. The first-order valence-corrected chi connectivity index (χ1v) is 9.47. The third-order valence-corrected chi connectivity index (χ3v) is 5.69. The van der Waals surface area contributed by atoms with Gasteiger partial charge in [-0.3, -0.25) is 19.4 Å². The molecule has 0 saturated carbocycles. The highest BCUT2D eigenvalue weighted by atomic mass is 16.2. The van der Waals surface area contributed by atoms with Gasteiger partial charge in [0.25, 0.3) is 5.91 Å². The molecule has 0 aliphatic carbocycles. The minimum Gasteiger partial charge on any atom is -0.356 e. The third-order valence-electron chi connectivity index (χ3n) is 5.69. The Balaban J connectivity index is 2.11. The Bertz CT molecular complexity index is 565. The number of nitrogens with two attached hydrogens (primary N) is 2. The standard InChI is InChI=1S/C18H33N5O3/c1-5-11(2)14(19)17(26)22-10-18(3,4)8-13(22)16(25)23(20)9-12-6-7-21-15(12)24/h11-14H,5-10,19-20H2,1-4H3,(H,21,24)/t11-,12-,13-,14-/m0/s1. The SMILES string of the molecule is CC[C@H](C)[C@H](N)C(=O)N1CC(C)(C)C[C@H]1C(=O)N(N)C[C@@H]1CCNC1=O. The van der Waals surface area contributed by atoms with E-state index in [2.05, 4.69) is 5.32 Å². The fourth-order valence-electron chi connectivity index (χ4n) is 3.75. The molecule has 2 aliphatic rings. The predicted octanol–water partition coefficient (Wildman–Crippen LogP) is -0.175. The first-order chi connectivity index (χ1) is 12.1. The van der Waals surface area contributed by atoms with Gasteiger partial charge in [0.15, 0.2) is 0 Å². The first-order valence-electron chi connectivity index (χ1n) is 9.47. The van der Waals surface area contributed by atoms with Gasteiger partial charge in [0.05, 0.1) is 12.0 Å². The molecule has 2 rings (SSSR count). The van der Waals surface area contributed by atoms with E-state index in [-0.39, 0.29) is 41.5 Å². The maximum Gasteiger partial charge on any atom is 0.259 e. The van der Waals surface area contributed by atoms with E-state index in [4.69, 9.17) is 11.6 Å². The number of hydrogen-bond acceptors (Lipinski definition) is 5. The van der Waals surface area contributed by atoms with Gasteiger partial charge in [0.1, 0.15) is 6.04 Å². The topological polar surface area (TPSA) is 122 Å². The van der Waals surface area contributed by atoms with E-state index in [1.54, 1.807) is 4.90 Å². The van der Waals surface area contributed by atoms with Crippen molar-refractivity contribution in [3.05, 3.63) is 0 Å². The number of likely N-dealkylation sites (tertiary alicyclic amines) is 1. The molecule has 8 nitrogen and oxygen atoms in total. The molecule has 0 aromatic carbocycles. The second kappa shape index (κ2) is 7.92. The number of rotatable bonds is 6. The molecule has 148 valence electrons. The summed E-state index contributed by atoms with van der Waals surface area (Å²) in [4.78, 5) is 39.2. The van der Waals surface area contributed by atoms with Gasteiger partial charge in [-0.2, -0.15) is 0 Å². The number of nitrogens with one attached hydrogen (secondary N) is 1. The van der Waals surface area contributed by atoms with Crippen LogP contribution in [0.1, 0.15) is 47.0 Å². The molecule has 0 unspecified atom stereocenters. The predicted molar refractivity (Wildman–Crippen MR) is 98.3 cm³/mol. The maximum absolute atomic E-state index is 12.9. The Labute approximate surface area is 155 Å². The molecule has 0 aromatic heterocycles. The van der Waals surface area contributed by atoms with Gasteiger partial charge < -0.3 is 16.0 Å². The molecule has 0 spiro atoms. The zero-order chi connectivity index (χ0) is 19.6. The van der Waals surface area contributed by atoms with Crippen LogP contribution in [0.4, 0.5) is 0 Å². The Morgan fingerprint density at radius 2 is 2.08 bits per heavy atom. The molecule has 5 N–H and O–H groups in total. The number of amides is 3. The van der Waals surface area contributed by atoms with E-state index in [9.17, 15) is 14.4 Å². The van der Waals surface area contributed by atoms with Crippen molar-refractivity contribution >= 4 is 17.7 Å². The van der Waals surface area contributed by atoms with E-state index in [0.29, 0.717) is 25.9 Å². The molecule has 0 radical (unpaired) electrons. The molecule has 2 saturated heterocycles. The Hall–Kier alpha value is -1.67. The average molecular weight is 367 g/mol. The Morgan fingerprint density at radius 1 is 1.42 bits per heavy atom. The molecule has 0 aromatic rings. The molecular weight excluding hydrogens is 334 g/mol. The quantitative estimate of drug-likeness (QED) is 0.342. The molecular formula is C18H33N5O3. The number of carbonyl (C=O) groups excluding carboxylic acids is 3. The normalized spacial score (nSPS) is 27.2. The summed E-state index contributed by atoms with van der Waals surface area (Å²) >= 11 is 0. The lowest BCUT2D eigenvalue weighted by molar-refractivity contribution is -0.146. The lowest BCUT2D eigenvalue weighted by atomic mass is 9.90. The van der Waals surface area contributed by atoms with Crippen LogP contribution in [0.2, 0.25) is 0 Å². The Kier molecular flexibility index (Phi) is 6.29. The van der Waals surface area contributed by atoms with E-state index < -0.39 is 12.1 Å². The zero-order valence-corrected chi connectivity index (χ0v) is 16.3. The summed E-state index contributed by atoms with van der Waals surface area (Å²) in [5.74, 6) is 5.14. The van der Waals surface area contributed by atoms with Gasteiger partial charge in [0.2, 0.25) is 11.8 Å². The van der Waals surface area contributed by atoms with Gasteiger partial charge in [0, 0.05) is 19.6 Å². The summed E-state index contributed by atoms with van der Waals surface area (Å²) in [6.45, 7) is 9.24. The van der Waals surface area contributed by atoms with Crippen LogP contribution in [0.15, 0.2) is 0 Å². The molecule has 3 amide bonds. The first kappa shape index (κ1) is 20.6. The molecule has 2 heterocycles. The van der Waals surface area contributed by atoms with Crippen LogP contribution in [0.5, 0.6) is 0 Å². The van der Waals surface area contributed by atoms with E-state index in [1.807, 2.05) is 27.7 Å². The van der Waals surface area contributed by atoms with Crippen LogP contribution in [0.25, 0.3) is 0 Å². The monoisotopic (exact) mass is 367 g/mol. The summed E-state index contributed by atoms with van der Waals surface area (Å²) in [7, 11) is 0. The third kappa shape index (κ3) is 4.35. The molecule has 0 bridgehead atoms. The summed E-state index contributed by atoms with van der Waals surface area (Å²) in [5, 5.41) is 3.85. The fraction of sp³-hybridized carbons (Fsp3) is 0.833. The van der Waals surface area contributed by atoms with Crippen molar-refractivity contribution in [1.82, 2.24) is 15.2 Å². The highest BCUT2D eigenvalue weighted by Gasteiger charge is 2.46. The average Bonchev–Trinajstić information content (AvgIpc) is 3.14. The van der Waals surface area contributed by atoms with Gasteiger partial charge in [-0.1, -0.05) is 34.1 Å². The van der Waals surface area contributed by atoms with Gasteiger partial charge in [-0.05, 0) is 24.2 Å². The zero-order valence-electron chi connectivity index (χ0n) is 16.3. The summed E-state index contributed by atoms with van der Waals surface area (Å²) < 4.78 is 0. The largest absolute Gasteiger partial charge is 0.356 e. The second-order valence-electron chi connectivity index (χ2n) is 8.53. The number of nitrogens with zero attached hydrogens (tertiary/aromatic N) is 2. The van der Waals surface area contributed by atoms with Crippen LogP contribution in [0, 0.1) is 17.3 Å². The number of carbonyl (C=O) groups is 3. The van der Waals surface area contributed by atoms with Gasteiger partial charge in [-0.15, -0.1) is 0 Å². The van der Waals surface area contributed by atoms with Crippen LogP contribution >= 0.6 is 0 Å². The fourth-order valence-corrected chi connectivity index (χ4v) is 3.75. The minimum atomic E-state index is -0.629. The van der Waals surface area contributed by atoms with Crippen LogP contribution in [-0.2, 0) is 14.4 Å². The number of hydrogen-bond donors (Lipinski definition) is 3. The van der Waals surface area contributed by atoms with E-state index >= 15 is 0 Å². The van der Waals surface area contributed by atoms with Gasteiger partial charge in [-0.25, -0.2) is 5.84 Å². The van der Waals surface area contributed by atoms with Gasteiger partial charge >= 0.3 is 0 Å². The van der Waals surface area contributed by atoms with Crippen molar-refractivity contribution in [2.75, 3.05) is 19.6 Å². The Morgan fingerprint density at radius 3 is 2.62 bits per heavy atom. The van der Waals surface area contributed by atoms with Crippen molar-refractivity contribution in [3.63, 3.8) is 0 Å². The van der Waals surface area contributed by atoms with Crippen LogP contribution in [0.3, 0.4) is 0 Å². The van der Waals surface area contributed by atoms with Crippen molar-refractivity contribution in [2.45, 2.75) is 59.0 Å². The van der Waals surface area contributed by atoms with Crippen molar-refractivity contribution < 1.29 is 14.4 Å². The smallest absolute Gasteiger partial charge is 0.259 e.